The number of nitrogens with two attached hydrogens (primary N) is 1. The maximum atomic E-state index is 13.2. The molecule has 0 saturated heterocycles. The molecule has 0 spiro atoms. The average Bonchev–Trinajstić information content (AvgIpc) is 2.74. The number of carbonyl (C=O) groups excluding carboxylic acids is 1. The Labute approximate surface area is 198 Å². The highest BCUT2D eigenvalue weighted by Gasteiger charge is 2.37. The normalized spacial score (nSPS) is 12.6. The van der Waals surface area contributed by atoms with Crippen molar-refractivity contribution < 1.29 is 44.3 Å². The molecule has 0 amide bonds. The molecule has 2 rings (SSSR count). The van der Waals surface area contributed by atoms with Gasteiger partial charge in [-0.1, -0.05) is 17.9 Å². The highest BCUT2D eigenvalue weighted by atomic mass is 19.4. The Bertz CT molecular complexity index is 1110. The largest absolute Gasteiger partial charge is 0.416 e. The lowest BCUT2D eigenvalue weighted by atomic mass is 10.0. The first kappa shape index (κ1) is 28.6. The third-order valence-electron chi connectivity index (χ3n) is 4.65. The molecule has 2 aromatic carbocycles. The summed E-state index contributed by atoms with van der Waals surface area (Å²) in [5, 5.41) is 7.72. The van der Waals surface area contributed by atoms with Crippen LogP contribution >= 0.6 is 0 Å². The molecule has 0 aliphatic carbocycles. The van der Waals surface area contributed by atoms with E-state index in [9.17, 15) is 44.3 Å². The minimum atomic E-state index is -5.12. The van der Waals surface area contributed by atoms with Crippen molar-refractivity contribution in [3.05, 3.63) is 82.2 Å². The van der Waals surface area contributed by atoms with E-state index in [1.165, 1.54) is 7.05 Å². The average molecular weight is 527 g/mol. The number of hydrogen-bond acceptors (Lipinski definition) is 5. The molecule has 196 valence electrons. The second-order valence-electron chi connectivity index (χ2n) is 7.48. The molecule has 0 bridgehead atoms. The second kappa shape index (κ2) is 10.6. The summed E-state index contributed by atoms with van der Waals surface area (Å²) in [4.78, 5) is 12.3. The van der Waals surface area contributed by atoms with E-state index in [4.69, 9.17) is 5.84 Å². The van der Waals surface area contributed by atoms with Crippen LogP contribution in [0.4, 0.5) is 39.5 Å². The minimum Gasteiger partial charge on any atom is -0.347 e. The van der Waals surface area contributed by atoms with Crippen LogP contribution in [-0.2, 0) is 31.6 Å². The van der Waals surface area contributed by atoms with Crippen molar-refractivity contribution in [3.63, 3.8) is 0 Å². The van der Waals surface area contributed by atoms with E-state index in [1.54, 1.807) is 0 Å². The van der Waals surface area contributed by atoms with Gasteiger partial charge in [0.05, 0.1) is 16.7 Å². The van der Waals surface area contributed by atoms with Crippen LogP contribution in [0.15, 0.2) is 59.1 Å². The molecule has 6 nitrogen and oxygen atoms in total. The fraction of sp³-hybridized carbons (Fsp3) is 0.286. The van der Waals surface area contributed by atoms with Crippen molar-refractivity contribution in [3.8, 4) is 0 Å². The maximum Gasteiger partial charge on any atom is 0.416 e. The van der Waals surface area contributed by atoms with Gasteiger partial charge in [-0.2, -0.15) is 39.5 Å². The zero-order valence-electron chi connectivity index (χ0n) is 18.3. The molecule has 2 N–H and O–H groups in total. The molecule has 2 aromatic rings. The van der Waals surface area contributed by atoms with Crippen molar-refractivity contribution >= 4 is 6.29 Å². The lowest BCUT2D eigenvalue weighted by Crippen LogP contribution is -2.24. The summed E-state index contributed by atoms with van der Waals surface area (Å²) in [6.45, 7) is 2.21. The molecular formula is C21H18F9N5O. The zero-order chi connectivity index (χ0) is 27.5. The molecule has 0 heterocycles. The van der Waals surface area contributed by atoms with E-state index >= 15 is 0 Å². The third-order valence-corrected chi connectivity index (χ3v) is 4.65. The molecule has 0 unspecified atom stereocenters. The molecule has 0 aliphatic rings. The van der Waals surface area contributed by atoms with E-state index in [-0.39, 0.29) is 29.3 Å². The second-order valence-corrected chi connectivity index (χ2v) is 7.48. The zero-order valence-corrected chi connectivity index (χ0v) is 18.3. The van der Waals surface area contributed by atoms with Crippen LogP contribution in [0.5, 0.6) is 0 Å². The van der Waals surface area contributed by atoms with Crippen molar-refractivity contribution in [1.82, 2.24) is 10.0 Å². The number of alkyl halides is 9. The van der Waals surface area contributed by atoms with Gasteiger partial charge in [-0.05, 0) is 41.5 Å². The number of hydrazine groups is 1. The van der Waals surface area contributed by atoms with Gasteiger partial charge in [-0.15, -0.1) is 5.11 Å². The summed E-state index contributed by atoms with van der Waals surface area (Å²) in [5.74, 6) is 4.92. The number of halogens is 9. The molecule has 0 atom stereocenters. The third kappa shape index (κ3) is 7.69. The maximum absolute atomic E-state index is 13.2. The van der Waals surface area contributed by atoms with E-state index in [0.717, 1.165) is 11.0 Å². The first-order valence-corrected chi connectivity index (χ1v) is 9.69. The predicted molar refractivity (Wildman–Crippen MR) is 108 cm³/mol. The van der Waals surface area contributed by atoms with Crippen LogP contribution in [0, 0.1) is 0 Å². The van der Waals surface area contributed by atoms with E-state index in [1.807, 2.05) is 0 Å². The summed E-state index contributed by atoms with van der Waals surface area (Å²) >= 11 is 0. The summed E-state index contributed by atoms with van der Waals surface area (Å²) in [5.41, 5.74) is -5.25. The SMILES string of the molecule is C=C(/N=N\N(C)N)N(Cc1cc(C(F)(F)F)cc(C(F)(F)F)c1)Cc1cc(C(F)(F)F)ccc1C=O. The Hall–Kier alpha value is -3.62. The topological polar surface area (TPSA) is 74.3 Å². The van der Waals surface area contributed by atoms with Gasteiger partial charge >= 0.3 is 18.5 Å². The van der Waals surface area contributed by atoms with Crippen LogP contribution < -0.4 is 5.84 Å². The van der Waals surface area contributed by atoms with Crippen molar-refractivity contribution in [1.29, 1.82) is 0 Å². The number of carbonyl (C=O) groups is 1. The molecule has 15 heteroatoms. The Balaban J connectivity index is 2.60. The summed E-state index contributed by atoms with van der Waals surface area (Å²) in [6.07, 6.45) is -14.8. The van der Waals surface area contributed by atoms with Crippen LogP contribution in [0.1, 0.15) is 38.2 Å². The van der Waals surface area contributed by atoms with Gasteiger partial charge in [0, 0.05) is 25.7 Å². The van der Waals surface area contributed by atoms with E-state index in [0.29, 0.717) is 29.4 Å². The van der Waals surface area contributed by atoms with Gasteiger partial charge in [0.2, 0.25) is 0 Å². The summed E-state index contributed by atoms with van der Waals surface area (Å²) < 4.78 is 119. The Kier molecular flexibility index (Phi) is 8.39. The number of aldehydes is 1. The van der Waals surface area contributed by atoms with E-state index in [2.05, 4.69) is 16.9 Å². The molecule has 0 fully saturated rings. The van der Waals surface area contributed by atoms with Gasteiger partial charge < -0.3 is 4.90 Å². The monoisotopic (exact) mass is 527 g/mol. The fourth-order valence-corrected chi connectivity index (χ4v) is 2.99. The standard InChI is InChI=1S/C21H18F9N5O/c1-12(32-33-34(2)31)35(10-15-7-16(19(22,23)24)4-3-14(15)11-36)9-13-5-17(20(25,26)27)8-18(6-13)21(28,29)30/h3-8,11H,1,9-10,31H2,2H3/b33-32-. The molecule has 0 aliphatic heterocycles. The van der Waals surface area contributed by atoms with Gasteiger partial charge in [0.1, 0.15) is 12.1 Å². The Morgan fingerprint density at radius 3 is 1.86 bits per heavy atom. The smallest absolute Gasteiger partial charge is 0.347 e. The van der Waals surface area contributed by atoms with Gasteiger partial charge in [-0.25, -0.2) is 11.0 Å². The van der Waals surface area contributed by atoms with Gasteiger partial charge in [0.15, 0.2) is 0 Å². The van der Waals surface area contributed by atoms with E-state index < -0.39 is 53.9 Å². The highest BCUT2D eigenvalue weighted by Crippen LogP contribution is 2.37. The summed E-state index contributed by atoms with van der Waals surface area (Å²) in [6, 6.07) is 3.00. The lowest BCUT2D eigenvalue weighted by Gasteiger charge is -2.26. The first-order chi connectivity index (χ1) is 16.4. The number of nitrogens with zero attached hydrogens (tertiary/aromatic N) is 4. The highest BCUT2D eigenvalue weighted by molar-refractivity contribution is 5.77. The van der Waals surface area contributed by atoms with Gasteiger partial charge in [0.25, 0.3) is 0 Å². The Morgan fingerprint density at radius 1 is 0.889 bits per heavy atom. The van der Waals surface area contributed by atoms with Crippen LogP contribution in [-0.4, -0.2) is 23.4 Å². The fourth-order valence-electron chi connectivity index (χ4n) is 2.99. The van der Waals surface area contributed by atoms with Gasteiger partial charge in [-0.3, -0.25) is 4.79 Å². The Morgan fingerprint density at radius 2 is 1.42 bits per heavy atom. The van der Waals surface area contributed by atoms with Crippen LogP contribution in [0.25, 0.3) is 0 Å². The first-order valence-electron chi connectivity index (χ1n) is 9.69. The van der Waals surface area contributed by atoms with Crippen LogP contribution in [0.2, 0.25) is 0 Å². The predicted octanol–water partition coefficient (Wildman–Crippen LogP) is 6.20. The summed E-state index contributed by atoms with van der Waals surface area (Å²) in [7, 11) is 1.24. The van der Waals surface area contributed by atoms with Crippen LogP contribution in [0.3, 0.4) is 0 Å². The quantitative estimate of drug-likeness (QED) is 0.146. The molecule has 0 radical (unpaired) electrons. The number of hydrogen-bond donors (Lipinski definition) is 1. The number of benzene rings is 2. The molecule has 36 heavy (non-hydrogen) atoms. The molecule has 0 aromatic heterocycles. The molecule has 0 saturated carbocycles. The minimum absolute atomic E-state index is 0.0664. The number of rotatable bonds is 8. The van der Waals surface area contributed by atoms with Crippen molar-refractivity contribution in [2.75, 3.05) is 7.05 Å². The lowest BCUT2D eigenvalue weighted by molar-refractivity contribution is -0.143. The molecular weight excluding hydrogens is 509 g/mol. The van der Waals surface area contributed by atoms with Crippen molar-refractivity contribution in [2.24, 2.45) is 16.2 Å². The van der Waals surface area contributed by atoms with Crippen molar-refractivity contribution in [2.45, 2.75) is 31.6 Å².